The Hall–Kier alpha value is -2.80. The molecule has 7 heteroatoms. The maximum absolute atomic E-state index is 13.6. The number of hydrogen-bond donors (Lipinski definition) is 1. The molecule has 6 nitrogen and oxygen atoms in total. The third-order valence-electron chi connectivity index (χ3n) is 5.69. The summed E-state index contributed by atoms with van der Waals surface area (Å²) in [4.78, 5) is 11.1. The molecule has 1 N–H and O–H groups in total. The van der Waals surface area contributed by atoms with Gasteiger partial charge in [0.2, 0.25) is 0 Å². The van der Waals surface area contributed by atoms with Gasteiger partial charge in [-0.05, 0) is 68.0 Å². The van der Waals surface area contributed by atoms with Crippen LogP contribution in [0.2, 0.25) is 0 Å². The normalized spacial score (nSPS) is 15.6. The molecule has 0 radical (unpaired) electrons. The molecule has 0 aromatic heterocycles. The van der Waals surface area contributed by atoms with Crippen LogP contribution in [0.15, 0.2) is 52.9 Å². The molecule has 0 saturated carbocycles. The van der Waals surface area contributed by atoms with E-state index in [2.05, 4.69) is 19.9 Å². The number of sulfonamides is 1. The van der Waals surface area contributed by atoms with Gasteiger partial charge in [-0.25, -0.2) is 8.42 Å². The van der Waals surface area contributed by atoms with Crippen molar-refractivity contribution in [3.05, 3.63) is 59.2 Å². The summed E-state index contributed by atoms with van der Waals surface area (Å²) in [5.41, 5.74) is 3.59. The minimum atomic E-state index is -3.81. The zero-order valence-electron chi connectivity index (χ0n) is 18.9. The van der Waals surface area contributed by atoms with Gasteiger partial charge in [0.1, 0.15) is 11.9 Å². The highest BCUT2D eigenvalue weighted by Gasteiger charge is 2.34. The van der Waals surface area contributed by atoms with E-state index in [1.165, 1.54) is 9.88 Å². The molecule has 0 saturated heterocycles. The predicted octanol–water partition coefficient (Wildman–Crippen LogP) is 5.41. The molecule has 1 aliphatic rings. The molecular formula is C25H31NO5S. The van der Waals surface area contributed by atoms with E-state index in [0.717, 1.165) is 24.0 Å². The number of nitrogens with zero attached hydrogens (tertiary/aromatic N) is 1. The average Bonchev–Trinajstić information content (AvgIpc) is 2.76. The van der Waals surface area contributed by atoms with Crippen LogP contribution in [0.25, 0.3) is 6.08 Å². The summed E-state index contributed by atoms with van der Waals surface area (Å²) in [6.07, 6.45) is 4.45. The highest BCUT2D eigenvalue weighted by molar-refractivity contribution is 7.92. The van der Waals surface area contributed by atoms with Crippen molar-refractivity contribution >= 4 is 27.8 Å². The summed E-state index contributed by atoms with van der Waals surface area (Å²) in [6.45, 7) is 6.21. The lowest BCUT2D eigenvalue weighted by atomic mass is 10.0. The highest BCUT2D eigenvalue weighted by atomic mass is 32.2. The summed E-state index contributed by atoms with van der Waals surface area (Å²) in [5, 5.41) is 8.95. The number of hydrogen-bond acceptors (Lipinski definition) is 4. The molecule has 0 bridgehead atoms. The van der Waals surface area contributed by atoms with E-state index in [0.29, 0.717) is 24.3 Å². The van der Waals surface area contributed by atoms with Crippen LogP contribution in [0.3, 0.4) is 0 Å². The van der Waals surface area contributed by atoms with Crippen LogP contribution < -0.4 is 9.04 Å². The van der Waals surface area contributed by atoms with Gasteiger partial charge in [0.05, 0.1) is 17.1 Å². The van der Waals surface area contributed by atoms with E-state index in [4.69, 9.17) is 9.84 Å². The first-order valence-electron chi connectivity index (χ1n) is 11.1. The minimum absolute atomic E-state index is 0.0257. The quantitative estimate of drug-likeness (QED) is 0.544. The summed E-state index contributed by atoms with van der Waals surface area (Å²) < 4.78 is 34.8. The number of aryl methyl sites for hydroxylation is 1. The summed E-state index contributed by atoms with van der Waals surface area (Å²) in [6, 6.07) is 12.5. The van der Waals surface area contributed by atoms with Gasteiger partial charge in [0.15, 0.2) is 0 Å². The average molecular weight is 458 g/mol. The van der Waals surface area contributed by atoms with Crippen molar-refractivity contribution in [2.45, 2.75) is 63.9 Å². The van der Waals surface area contributed by atoms with Crippen molar-refractivity contribution in [1.82, 2.24) is 0 Å². The number of carbonyl (C=O) groups is 1. The van der Waals surface area contributed by atoms with E-state index < -0.39 is 22.1 Å². The van der Waals surface area contributed by atoms with Crippen LogP contribution in [0.5, 0.6) is 5.75 Å². The minimum Gasteiger partial charge on any atom is -0.486 e. The molecule has 172 valence electrons. The Kier molecular flexibility index (Phi) is 7.61. The van der Waals surface area contributed by atoms with Gasteiger partial charge in [-0.2, -0.15) is 0 Å². The maximum Gasteiger partial charge on any atom is 0.303 e. The molecule has 2 aromatic rings. The second-order valence-corrected chi connectivity index (χ2v) is 9.98. The monoisotopic (exact) mass is 457 g/mol. The van der Waals surface area contributed by atoms with Crippen LogP contribution in [0.1, 0.15) is 57.1 Å². The number of rotatable bonds is 9. The number of carboxylic acid groups (broad SMARTS) is 1. The van der Waals surface area contributed by atoms with Crippen LogP contribution in [0.4, 0.5) is 5.69 Å². The molecular weight excluding hydrogens is 426 g/mol. The second-order valence-electron chi connectivity index (χ2n) is 8.12. The van der Waals surface area contributed by atoms with Gasteiger partial charge in [0, 0.05) is 6.42 Å². The Morgan fingerprint density at radius 3 is 2.59 bits per heavy atom. The van der Waals surface area contributed by atoms with Crippen LogP contribution in [-0.2, 0) is 14.8 Å². The Morgan fingerprint density at radius 1 is 1.19 bits per heavy atom. The number of carboxylic acids is 1. The number of anilines is 1. The second kappa shape index (κ2) is 10.2. The smallest absolute Gasteiger partial charge is 0.303 e. The van der Waals surface area contributed by atoms with Crippen LogP contribution in [-0.4, -0.2) is 32.1 Å². The van der Waals surface area contributed by atoms with Gasteiger partial charge >= 0.3 is 5.97 Å². The summed E-state index contributed by atoms with van der Waals surface area (Å²) in [7, 11) is -3.81. The Labute approximate surface area is 190 Å². The van der Waals surface area contributed by atoms with E-state index in [-0.39, 0.29) is 17.9 Å². The maximum atomic E-state index is 13.6. The number of allylic oxidation sites excluding steroid dienone is 1. The van der Waals surface area contributed by atoms with Gasteiger partial charge in [-0.3, -0.25) is 9.10 Å². The van der Waals surface area contributed by atoms with Crippen LogP contribution in [0, 0.1) is 6.92 Å². The molecule has 0 amide bonds. The van der Waals surface area contributed by atoms with Gasteiger partial charge in [0.25, 0.3) is 10.0 Å². The number of aliphatic carboxylic acids is 1. The Bertz CT molecular complexity index is 1100. The van der Waals surface area contributed by atoms with Crippen LogP contribution >= 0.6 is 0 Å². The van der Waals surface area contributed by atoms with Crippen molar-refractivity contribution in [2.24, 2.45) is 0 Å². The molecule has 0 unspecified atom stereocenters. The fourth-order valence-corrected chi connectivity index (χ4v) is 5.47. The number of benzene rings is 2. The Morgan fingerprint density at radius 2 is 1.94 bits per heavy atom. The van der Waals surface area contributed by atoms with E-state index in [9.17, 15) is 13.2 Å². The van der Waals surface area contributed by atoms with E-state index >= 15 is 0 Å². The largest absolute Gasteiger partial charge is 0.486 e. The Balaban J connectivity index is 2.03. The SMILES string of the molecule is CCC(=Cc1ccc2c(c1)N(S(=O)(=O)c1cccc(C)c1)C[C@H](CCCC(=O)O)O2)CC. The van der Waals surface area contributed by atoms with Gasteiger partial charge in [-0.15, -0.1) is 0 Å². The molecule has 1 aliphatic heterocycles. The molecule has 0 aliphatic carbocycles. The van der Waals surface area contributed by atoms with Crippen molar-refractivity contribution < 1.29 is 23.1 Å². The molecule has 0 spiro atoms. The van der Waals surface area contributed by atoms with Crippen molar-refractivity contribution in [2.75, 3.05) is 10.8 Å². The zero-order chi connectivity index (χ0) is 23.3. The van der Waals surface area contributed by atoms with E-state index in [1.807, 2.05) is 31.2 Å². The predicted molar refractivity (Wildman–Crippen MR) is 127 cm³/mol. The number of ether oxygens (including phenoxy) is 1. The first-order chi connectivity index (χ1) is 15.2. The molecule has 3 rings (SSSR count). The van der Waals surface area contributed by atoms with Crippen molar-refractivity contribution in [3.63, 3.8) is 0 Å². The summed E-state index contributed by atoms with van der Waals surface area (Å²) >= 11 is 0. The summed E-state index contributed by atoms with van der Waals surface area (Å²) in [5.74, 6) is -0.371. The first kappa shape index (κ1) is 23.9. The topological polar surface area (TPSA) is 83.9 Å². The standard InChI is InChI=1S/C25H31NO5S/c1-4-19(5-2)15-20-12-13-24-23(16-20)26(17-21(31-24)9-7-11-25(27)28)32(29,30)22-10-6-8-18(3)14-22/h6,8,10,12-16,21H,4-5,7,9,11,17H2,1-3H3,(H,27,28)/t21-/m0/s1. The molecule has 1 atom stereocenters. The molecule has 2 aromatic carbocycles. The van der Waals surface area contributed by atoms with Gasteiger partial charge in [-0.1, -0.05) is 43.7 Å². The van der Waals surface area contributed by atoms with Crippen molar-refractivity contribution in [1.29, 1.82) is 0 Å². The van der Waals surface area contributed by atoms with Gasteiger partial charge < -0.3 is 9.84 Å². The van der Waals surface area contributed by atoms with Crippen molar-refractivity contribution in [3.8, 4) is 5.75 Å². The van der Waals surface area contributed by atoms with E-state index in [1.54, 1.807) is 18.2 Å². The third-order valence-corrected chi connectivity index (χ3v) is 7.46. The first-order valence-corrected chi connectivity index (χ1v) is 12.5. The lowest BCUT2D eigenvalue weighted by Gasteiger charge is -2.36. The number of fused-ring (bicyclic) bond motifs is 1. The fraction of sp³-hybridized carbons (Fsp3) is 0.400. The molecule has 32 heavy (non-hydrogen) atoms. The molecule has 1 heterocycles. The fourth-order valence-electron chi connectivity index (χ4n) is 3.87. The zero-order valence-corrected chi connectivity index (χ0v) is 19.7. The third kappa shape index (κ3) is 5.51. The molecule has 0 fully saturated rings. The lowest BCUT2D eigenvalue weighted by Crippen LogP contribution is -2.43. The highest BCUT2D eigenvalue weighted by Crippen LogP contribution is 2.39. The lowest BCUT2D eigenvalue weighted by molar-refractivity contribution is -0.137.